The molecule has 1 heterocycles. The molecule has 2 aromatic carbocycles. The number of alkyl halides is 1. The van der Waals surface area contributed by atoms with Crippen LogP contribution >= 0.6 is 15.9 Å². The number of rotatable bonds is 3. The van der Waals surface area contributed by atoms with Crippen molar-refractivity contribution in [2.45, 2.75) is 11.4 Å². The van der Waals surface area contributed by atoms with Crippen LogP contribution < -0.4 is 14.8 Å². The lowest BCUT2D eigenvalue weighted by Gasteiger charge is -2.25. The zero-order valence-corrected chi connectivity index (χ0v) is 12.8. The molecule has 2 aromatic rings. The Kier molecular flexibility index (Phi) is 4.10. The van der Waals surface area contributed by atoms with Crippen molar-refractivity contribution in [1.82, 2.24) is 0 Å². The third-order valence-electron chi connectivity index (χ3n) is 3.15. The summed E-state index contributed by atoms with van der Waals surface area (Å²) in [6.45, 7) is 0.209. The molecule has 0 fully saturated rings. The van der Waals surface area contributed by atoms with E-state index in [0.29, 0.717) is 11.5 Å². The van der Waals surface area contributed by atoms with E-state index in [2.05, 4.69) is 21.2 Å². The first kappa shape index (κ1) is 13.9. The SMILES string of the molecule is O=C(Nc1cccc(CBr)c1)C1COc2ccccc2O1. The normalized spacial score (nSPS) is 16.3. The van der Waals surface area contributed by atoms with Gasteiger partial charge in [0, 0.05) is 11.0 Å². The summed E-state index contributed by atoms with van der Waals surface area (Å²) in [5.74, 6) is 1.05. The molecule has 1 amide bonds. The van der Waals surface area contributed by atoms with E-state index in [9.17, 15) is 4.79 Å². The van der Waals surface area contributed by atoms with E-state index in [1.54, 1.807) is 6.07 Å². The number of fused-ring (bicyclic) bond motifs is 1. The number of hydrogen-bond acceptors (Lipinski definition) is 3. The van der Waals surface area contributed by atoms with Crippen molar-refractivity contribution >= 4 is 27.5 Å². The Morgan fingerprint density at radius 3 is 2.81 bits per heavy atom. The van der Waals surface area contributed by atoms with Gasteiger partial charge < -0.3 is 14.8 Å². The van der Waals surface area contributed by atoms with Gasteiger partial charge in [0.2, 0.25) is 6.10 Å². The minimum absolute atomic E-state index is 0.209. The summed E-state index contributed by atoms with van der Waals surface area (Å²) in [5.41, 5.74) is 1.85. The molecular weight excluding hydrogens is 334 g/mol. The molecule has 3 rings (SSSR count). The lowest BCUT2D eigenvalue weighted by atomic mass is 10.2. The molecule has 0 aliphatic carbocycles. The monoisotopic (exact) mass is 347 g/mol. The predicted octanol–water partition coefficient (Wildman–Crippen LogP) is 3.36. The Hall–Kier alpha value is -2.01. The zero-order valence-electron chi connectivity index (χ0n) is 11.2. The first-order valence-corrected chi connectivity index (χ1v) is 7.72. The van der Waals surface area contributed by atoms with Gasteiger partial charge in [-0.05, 0) is 29.8 Å². The number of carbonyl (C=O) groups is 1. The second-order valence-electron chi connectivity index (χ2n) is 4.69. The van der Waals surface area contributed by atoms with Crippen LogP contribution in [0.2, 0.25) is 0 Å². The van der Waals surface area contributed by atoms with E-state index in [-0.39, 0.29) is 12.5 Å². The highest BCUT2D eigenvalue weighted by Crippen LogP contribution is 2.31. The van der Waals surface area contributed by atoms with Crippen molar-refractivity contribution in [2.24, 2.45) is 0 Å². The van der Waals surface area contributed by atoms with Gasteiger partial charge in [0.05, 0.1) is 0 Å². The van der Waals surface area contributed by atoms with Crippen molar-refractivity contribution < 1.29 is 14.3 Å². The summed E-state index contributed by atoms with van der Waals surface area (Å²) in [4.78, 5) is 12.2. The topological polar surface area (TPSA) is 47.6 Å². The standard InChI is InChI=1S/C16H14BrNO3/c17-9-11-4-3-5-12(8-11)18-16(19)15-10-20-13-6-1-2-7-14(13)21-15/h1-8,15H,9-10H2,(H,18,19). The van der Waals surface area contributed by atoms with E-state index in [4.69, 9.17) is 9.47 Å². The van der Waals surface area contributed by atoms with Crippen molar-refractivity contribution in [3.05, 3.63) is 54.1 Å². The second kappa shape index (κ2) is 6.18. The maximum atomic E-state index is 12.2. The van der Waals surface area contributed by atoms with Crippen LogP contribution in [-0.2, 0) is 10.1 Å². The van der Waals surface area contributed by atoms with Crippen LogP contribution in [0.15, 0.2) is 48.5 Å². The number of para-hydroxylation sites is 2. The third kappa shape index (κ3) is 3.19. The molecule has 0 saturated carbocycles. The third-order valence-corrected chi connectivity index (χ3v) is 3.80. The maximum absolute atomic E-state index is 12.2. The van der Waals surface area contributed by atoms with Crippen molar-refractivity contribution in [3.8, 4) is 11.5 Å². The number of halogens is 1. The lowest BCUT2D eigenvalue weighted by molar-refractivity contribution is -0.125. The maximum Gasteiger partial charge on any atom is 0.269 e. The molecule has 4 nitrogen and oxygen atoms in total. The molecule has 1 aliphatic rings. The Bertz CT molecular complexity index is 659. The van der Waals surface area contributed by atoms with Crippen molar-refractivity contribution in [2.75, 3.05) is 11.9 Å². The number of anilines is 1. The number of carbonyl (C=O) groups excluding carboxylic acids is 1. The summed E-state index contributed by atoms with van der Waals surface area (Å²) in [6.07, 6.45) is -0.646. The van der Waals surface area contributed by atoms with E-state index in [1.807, 2.05) is 42.5 Å². The van der Waals surface area contributed by atoms with Gasteiger partial charge in [-0.3, -0.25) is 4.79 Å². The molecular formula is C16H14BrNO3. The van der Waals surface area contributed by atoms with Crippen LogP contribution in [0.4, 0.5) is 5.69 Å². The van der Waals surface area contributed by atoms with Crippen molar-refractivity contribution in [3.63, 3.8) is 0 Å². The van der Waals surface area contributed by atoms with Crippen LogP contribution in [0.5, 0.6) is 11.5 Å². The zero-order chi connectivity index (χ0) is 14.7. The van der Waals surface area contributed by atoms with Gasteiger partial charge in [-0.2, -0.15) is 0 Å². The van der Waals surface area contributed by atoms with E-state index < -0.39 is 6.10 Å². The van der Waals surface area contributed by atoms with Gasteiger partial charge in [0.25, 0.3) is 5.91 Å². The fraction of sp³-hybridized carbons (Fsp3) is 0.188. The smallest absolute Gasteiger partial charge is 0.269 e. The lowest BCUT2D eigenvalue weighted by Crippen LogP contribution is -2.40. The van der Waals surface area contributed by atoms with Gasteiger partial charge in [-0.1, -0.05) is 40.2 Å². The summed E-state index contributed by atoms with van der Waals surface area (Å²) < 4.78 is 11.2. The van der Waals surface area contributed by atoms with Gasteiger partial charge in [-0.15, -0.1) is 0 Å². The molecule has 1 unspecified atom stereocenters. The van der Waals surface area contributed by atoms with E-state index in [0.717, 1.165) is 16.6 Å². The Morgan fingerprint density at radius 2 is 2.00 bits per heavy atom. The Labute approximate surface area is 131 Å². The predicted molar refractivity (Wildman–Crippen MR) is 84.1 cm³/mol. The number of ether oxygens (including phenoxy) is 2. The molecule has 0 radical (unpaired) electrons. The number of nitrogens with one attached hydrogen (secondary N) is 1. The number of hydrogen-bond donors (Lipinski definition) is 1. The van der Waals surface area contributed by atoms with Crippen LogP contribution in [-0.4, -0.2) is 18.6 Å². The van der Waals surface area contributed by atoms with Gasteiger partial charge >= 0.3 is 0 Å². The first-order valence-electron chi connectivity index (χ1n) is 6.60. The van der Waals surface area contributed by atoms with Crippen molar-refractivity contribution in [1.29, 1.82) is 0 Å². The average Bonchev–Trinajstić information content (AvgIpc) is 2.54. The Balaban J connectivity index is 1.69. The highest BCUT2D eigenvalue weighted by atomic mass is 79.9. The van der Waals surface area contributed by atoms with Crippen LogP contribution in [0, 0.1) is 0 Å². The van der Waals surface area contributed by atoms with Crippen LogP contribution in [0.25, 0.3) is 0 Å². The van der Waals surface area contributed by atoms with Gasteiger partial charge in [-0.25, -0.2) is 0 Å². The summed E-state index contributed by atoms with van der Waals surface area (Å²) >= 11 is 3.40. The fourth-order valence-corrected chi connectivity index (χ4v) is 2.45. The second-order valence-corrected chi connectivity index (χ2v) is 5.25. The first-order chi connectivity index (χ1) is 10.3. The Morgan fingerprint density at radius 1 is 1.19 bits per heavy atom. The van der Waals surface area contributed by atoms with Crippen LogP contribution in [0.1, 0.15) is 5.56 Å². The quantitative estimate of drug-likeness (QED) is 0.866. The molecule has 1 atom stereocenters. The largest absolute Gasteiger partial charge is 0.485 e. The summed E-state index contributed by atoms with van der Waals surface area (Å²) in [5, 5.41) is 3.60. The summed E-state index contributed by atoms with van der Waals surface area (Å²) in [6, 6.07) is 15.0. The molecule has 108 valence electrons. The molecule has 0 aromatic heterocycles. The molecule has 1 N–H and O–H groups in total. The van der Waals surface area contributed by atoms with Gasteiger partial charge in [0.1, 0.15) is 6.61 Å². The van der Waals surface area contributed by atoms with E-state index >= 15 is 0 Å². The van der Waals surface area contributed by atoms with E-state index in [1.165, 1.54) is 0 Å². The van der Waals surface area contributed by atoms with Crippen LogP contribution in [0.3, 0.4) is 0 Å². The molecule has 21 heavy (non-hydrogen) atoms. The minimum atomic E-state index is -0.646. The number of amides is 1. The van der Waals surface area contributed by atoms with Gasteiger partial charge in [0.15, 0.2) is 11.5 Å². The summed E-state index contributed by atoms with van der Waals surface area (Å²) in [7, 11) is 0. The molecule has 5 heteroatoms. The highest BCUT2D eigenvalue weighted by Gasteiger charge is 2.27. The molecule has 0 bridgehead atoms. The number of benzene rings is 2. The minimum Gasteiger partial charge on any atom is -0.485 e. The highest BCUT2D eigenvalue weighted by molar-refractivity contribution is 9.08. The molecule has 0 saturated heterocycles. The fourth-order valence-electron chi connectivity index (χ4n) is 2.10. The molecule has 0 spiro atoms. The average molecular weight is 348 g/mol. The molecule has 1 aliphatic heterocycles.